The molecule has 5 heteroatoms. The summed E-state index contributed by atoms with van der Waals surface area (Å²) in [5, 5.41) is 0. The van der Waals surface area contributed by atoms with Crippen molar-refractivity contribution in [2.75, 3.05) is 13.7 Å². The van der Waals surface area contributed by atoms with E-state index in [2.05, 4.69) is 4.74 Å². The molecular weight excluding hydrogens is 147 g/mol. The molecule has 0 aromatic carbocycles. The van der Waals surface area contributed by atoms with Crippen molar-refractivity contribution in [1.29, 1.82) is 0 Å². The molecule has 1 atom stereocenters. The number of methoxy groups -OCH3 is 1. The van der Waals surface area contributed by atoms with E-state index in [4.69, 9.17) is 5.73 Å². The lowest BCUT2D eigenvalue weighted by molar-refractivity contribution is -0.192. The van der Waals surface area contributed by atoms with E-state index in [-0.39, 0.29) is 0 Å². The molecule has 0 aliphatic heterocycles. The Balaban J connectivity index is 4.10. The van der Waals surface area contributed by atoms with Crippen LogP contribution in [0.15, 0.2) is 0 Å². The summed E-state index contributed by atoms with van der Waals surface area (Å²) in [5.41, 5.74) is 2.62. The van der Waals surface area contributed by atoms with E-state index < -0.39 is 18.3 Å². The van der Waals surface area contributed by atoms with Crippen LogP contribution in [0.4, 0.5) is 13.2 Å². The molecule has 2 N–H and O–H groups in total. The predicted octanol–water partition coefficient (Wildman–Crippen LogP) is 0.913. The van der Waals surface area contributed by atoms with Gasteiger partial charge in [-0.25, -0.2) is 0 Å². The van der Waals surface area contributed by atoms with Crippen LogP contribution in [0.25, 0.3) is 0 Å². The van der Waals surface area contributed by atoms with Crippen molar-refractivity contribution in [2.45, 2.75) is 18.6 Å². The van der Waals surface area contributed by atoms with E-state index in [1.54, 1.807) is 0 Å². The lowest BCUT2D eigenvalue weighted by Gasteiger charge is -2.26. The summed E-state index contributed by atoms with van der Waals surface area (Å²) < 4.78 is 39.7. The van der Waals surface area contributed by atoms with Crippen LogP contribution >= 0.6 is 0 Å². The molecule has 0 unspecified atom stereocenters. The molecular formula is C5H10F3NO. The van der Waals surface area contributed by atoms with Crippen LogP contribution in [0.1, 0.15) is 6.92 Å². The second-order valence-corrected chi connectivity index (χ2v) is 2.35. The number of hydrogen-bond acceptors (Lipinski definition) is 2. The largest absolute Gasteiger partial charge is 0.408 e. The first-order valence-corrected chi connectivity index (χ1v) is 2.66. The van der Waals surface area contributed by atoms with Crippen LogP contribution in [-0.2, 0) is 4.74 Å². The summed E-state index contributed by atoms with van der Waals surface area (Å²) >= 11 is 0. The van der Waals surface area contributed by atoms with Gasteiger partial charge in [0.15, 0.2) is 0 Å². The molecule has 0 spiro atoms. The number of nitrogens with two attached hydrogens (primary N) is 1. The van der Waals surface area contributed by atoms with Crippen molar-refractivity contribution >= 4 is 0 Å². The lowest BCUT2D eigenvalue weighted by Crippen LogP contribution is -2.54. The number of halogens is 3. The Bertz CT molecular complexity index is 110. The second-order valence-electron chi connectivity index (χ2n) is 2.35. The fraction of sp³-hybridized carbons (Fsp3) is 1.00. The Morgan fingerprint density at radius 1 is 1.40 bits per heavy atom. The van der Waals surface area contributed by atoms with E-state index in [1.807, 2.05) is 0 Å². The third-order valence-electron chi connectivity index (χ3n) is 1.09. The van der Waals surface area contributed by atoms with Gasteiger partial charge in [-0.15, -0.1) is 0 Å². The van der Waals surface area contributed by atoms with Gasteiger partial charge < -0.3 is 10.5 Å². The van der Waals surface area contributed by atoms with Crippen LogP contribution in [0, 0.1) is 0 Å². The second kappa shape index (κ2) is 2.75. The van der Waals surface area contributed by atoms with Crippen molar-refractivity contribution in [3.63, 3.8) is 0 Å². The quantitative estimate of drug-likeness (QED) is 0.646. The minimum absolute atomic E-state index is 0.517. The average molecular weight is 157 g/mol. The van der Waals surface area contributed by atoms with E-state index in [9.17, 15) is 13.2 Å². The smallest absolute Gasteiger partial charge is 0.382 e. The summed E-state index contributed by atoms with van der Waals surface area (Å²) in [5.74, 6) is 0. The van der Waals surface area contributed by atoms with E-state index in [0.717, 1.165) is 6.92 Å². The molecule has 0 bridgehead atoms. The van der Waals surface area contributed by atoms with Crippen LogP contribution in [-0.4, -0.2) is 25.4 Å². The zero-order chi connectivity index (χ0) is 8.41. The first-order chi connectivity index (χ1) is 4.31. The standard InChI is InChI=1S/C5H10F3NO/c1-4(9,3-10-2)5(6,7)8/h3,9H2,1-2H3/t4-/m0/s1. The van der Waals surface area contributed by atoms with Gasteiger partial charge in [0.05, 0.1) is 6.61 Å². The number of hydrogen-bond donors (Lipinski definition) is 1. The maximum absolute atomic E-state index is 11.8. The SMILES string of the molecule is COC[C@](C)(N)C(F)(F)F. The zero-order valence-corrected chi connectivity index (χ0v) is 5.83. The highest BCUT2D eigenvalue weighted by Gasteiger charge is 2.48. The number of alkyl halides is 3. The molecule has 2 nitrogen and oxygen atoms in total. The Labute approximate surface area is 57.1 Å². The minimum atomic E-state index is -4.40. The molecule has 0 aliphatic carbocycles. The zero-order valence-electron chi connectivity index (χ0n) is 5.83. The van der Waals surface area contributed by atoms with Crippen molar-refractivity contribution < 1.29 is 17.9 Å². The molecule has 0 saturated carbocycles. The van der Waals surface area contributed by atoms with Gasteiger partial charge in [0, 0.05) is 7.11 Å². The summed E-state index contributed by atoms with van der Waals surface area (Å²) in [4.78, 5) is 0. The normalized spacial score (nSPS) is 18.6. The molecule has 0 aliphatic rings. The van der Waals surface area contributed by atoms with Crippen molar-refractivity contribution in [2.24, 2.45) is 5.73 Å². The van der Waals surface area contributed by atoms with Gasteiger partial charge in [-0.05, 0) is 6.92 Å². The van der Waals surface area contributed by atoms with Crippen LogP contribution in [0.3, 0.4) is 0 Å². The van der Waals surface area contributed by atoms with Crippen LogP contribution in [0.2, 0.25) is 0 Å². The first-order valence-electron chi connectivity index (χ1n) is 2.66. The number of ether oxygens (including phenoxy) is 1. The molecule has 0 fully saturated rings. The highest BCUT2D eigenvalue weighted by molar-refractivity contribution is 4.86. The molecule has 62 valence electrons. The maximum Gasteiger partial charge on any atom is 0.408 e. The van der Waals surface area contributed by atoms with Gasteiger partial charge in [-0.3, -0.25) is 0 Å². The molecule has 0 heterocycles. The Kier molecular flexibility index (Phi) is 2.67. The van der Waals surface area contributed by atoms with E-state index >= 15 is 0 Å². The van der Waals surface area contributed by atoms with Gasteiger partial charge in [-0.2, -0.15) is 13.2 Å². The molecule has 0 saturated heterocycles. The predicted molar refractivity (Wildman–Crippen MR) is 30.5 cm³/mol. The monoisotopic (exact) mass is 157 g/mol. The molecule has 0 aromatic heterocycles. The summed E-state index contributed by atoms with van der Waals surface area (Å²) in [6.45, 7) is 0.368. The third-order valence-corrected chi connectivity index (χ3v) is 1.09. The van der Waals surface area contributed by atoms with Crippen LogP contribution < -0.4 is 5.73 Å². The van der Waals surface area contributed by atoms with Crippen molar-refractivity contribution in [3.05, 3.63) is 0 Å². The van der Waals surface area contributed by atoms with Crippen molar-refractivity contribution in [3.8, 4) is 0 Å². The van der Waals surface area contributed by atoms with Gasteiger partial charge in [0.2, 0.25) is 0 Å². The van der Waals surface area contributed by atoms with Crippen molar-refractivity contribution in [1.82, 2.24) is 0 Å². The summed E-state index contributed by atoms with van der Waals surface area (Å²) in [6.07, 6.45) is -4.40. The molecule has 0 aromatic rings. The van der Waals surface area contributed by atoms with Crippen LogP contribution in [0.5, 0.6) is 0 Å². The Hall–Kier alpha value is -0.290. The maximum atomic E-state index is 11.8. The number of rotatable bonds is 2. The molecule has 10 heavy (non-hydrogen) atoms. The molecule has 0 amide bonds. The summed E-state index contributed by atoms with van der Waals surface area (Å²) in [6, 6.07) is 0. The van der Waals surface area contributed by atoms with Gasteiger partial charge in [0.25, 0.3) is 0 Å². The van der Waals surface area contributed by atoms with Gasteiger partial charge >= 0.3 is 6.18 Å². The Morgan fingerprint density at radius 2 is 1.80 bits per heavy atom. The van der Waals surface area contributed by atoms with Gasteiger partial charge in [0.1, 0.15) is 5.54 Å². The topological polar surface area (TPSA) is 35.2 Å². The highest BCUT2D eigenvalue weighted by Crippen LogP contribution is 2.27. The average Bonchev–Trinajstić information content (AvgIpc) is 1.61. The fourth-order valence-electron chi connectivity index (χ4n) is 0.382. The van der Waals surface area contributed by atoms with E-state index in [1.165, 1.54) is 7.11 Å². The molecule has 0 radical (unpaired) electrons. The fourth-order valence-corrected chi connectivity index (χ4v) is 0.382. The van der Waals surface area contributed by atoms with E-state index in [0.29, 0.717) is 0 Å². The van der Waals surface area contributed by atoms with Gasteiger partial charge in [-0.1, -0.05) is 0 Å². The molecule has 0 rings (SSSR count). The Morgan fingerprint density at radius 3 is 1.90 bits per heavy atom. The highest BCUT2D eigenvalue weighted by atomic mass is 19.4. The lowest BCUT2D eigenvalue weighted by atomic mass is 10.1. The third kappa shape index (κ3) is 2.15. The first kappa shape index (κ1) is 9.71. The minimum Gasteiger partial charge on any atom is -0.382 e. The summed E-state index contributed by atoms with van der Waals surface area (Å²) in [7, 11) is 1.18.